The van der Waals surface area contributed by atoms with Crippen LogP contribution in [0.1, 0.15) is 42.8 Å². The number of benzene rings is 1. The molecule has 1 heterocycles. The molecule has 1 fully saturated rings. The Labute approximate surface area is 146 Å². The second-order valence-corrected chi connectivity index (χ2v) is 6.16. The molecule has 1 aromatic carbocycles. The summed E-state index contributed by atoms with van der Waals surface area (Å²) in [6.07, 6.45) is 5.34. The first kappa shape index (κ1) is 16.9. The van der Waals surface area contributed by atoms with Crippen LogP contribution < -0.4 is 5.32 Å². The standard InChI is InChI=1S/C19H20N4O2/c20-14-17-21-12-8-16(22-17)19(10-4-5-11-19)23-18(24)25-13-9-15-6-2-1-3-7-15/h1-3,6-8,12H,4-5,9-11,13H2,(H,23,24). The summed E-state index contributed by atoms with van der Waals surface area (Å²) in [5.41, 5.74) is 1.23. The van der Waals surface area contributed by atoms with Crippen molar-refractivity contribution in [2.45, 2.75) is 37.6 Å². The van der Waals surface area contributed by atoms with Crippen molar-refractivity contribution in [1.82, 2.24) is 15.3 Å². The molecule has 6 nitrogen and oxygen atoms in total. The van der Waals surface area contributed by atoms with Gasteiger partial charge in [0.05, 0.1) is 17.8 Å². The molecule has 6 heteroatoms. The van der Waals surface area contributed by atoms with Crippen molar-refractivity contribution in [2.24, 2.45) is 0 Å². The van der Waals surface area contributed by atoms with Crippen LogP contribution in [0.2, 0.25) is 0 Å². The molecule has 0 saturated heterocycles. The zero-order chi connectivity index (χ0) is 17.5. The molecule has 0 unspecified atom stereocenters. The van der Waals surface area contributed by atoms with Gasteiger partial charge in [0, 0.05) is 12.6 Å². The van der Waals surface area contributed by atoms with Crippen LogP contribution in [0, 0.1) is 11.3 Å². The highest BCUT2D eigenvalue weighted by molar-refractivity contribution is 5.68. The molecule has 1 aliphatic rings. The maximum Gasteiger partial charge on any atom is 0.407 e. The molecule has 0 aliphatic heterocycles. The second kappa shape index (κ2) is 7.75. The topological polar surface area (TPSA) is 87.9 Å². The van der Waals surface area contributed by atoms with Crippen LogP contribution in [0.4, 0.5) is 4.79 Å². The predicted molar refractivity (Wildman–Crippen MR) is 91.5 cm³/mol. The van der Waals surface area contributed by atoms with Gasteiger partial charge in [0.1, 0.15) is 6.07 Å². The lowest BCUT2D eigenvalue weighted by atomic mass is 9.93. The zero-order valence-corrected chi connectivity index (χ0v) is 13.9. The number of alkyl carbamates (subject to hydrolysis) is 1. The largest absolute Gasteiger partial charge is 0.449 e. The van der Waals surface area contributed by atoms with Crippen LogP contribution in [-0.4, -0.2) is 22.7 Å². The van der Waals surface area contributed by atoms with E-state index in [1.54, 1.807) is 12.3 Å². The summed E-state index contributed by atoms with van der Waals surface area (Å²) in [7, 11) is 0. The number of carbonyl (C=O) groups excluding carboxylic acids is 1. The van der Waals surface area contributed by atoms with Gasteiger partial charge in [-0.05, 0) is 24.5 Å². The fourth-order valence-corrected chi connectivity index (χ4v) is 3.24. The minimum Gasteiger partial charge on any atom is -0.449 e. The molecule has 3 rings (SSSR count). The number of hydrogen-bond acceptors (Lipinski definition) is 5. The number of amides is 1. The highest BCUT2D eigenvalue weighted by atomic mass is 16.5. The summed E-state index contributed by atoms with van der Waals surface area (Å²) in [5, 5.41) is 12.0. The number of rotatable bonds is 5. The third-order valence-electron chi connectivity index (χ3n) is 4.51. The third-order valence-corrected chi connectivity index (χ3v) is 4.51. The molecular weight excluding hydrogens is 316 g/mol. The molecule has 0 atom stereocenters. The van der Waals surface area contributed by atoms with Crippen molar-refractivity contribution >= 4 is 6.09 Å². The molecule has 1 aliphatic carbocycles. The van der Waals surface area contributed by atoms with Crippen LogP contribution in [0.15, 0.2) is 42.6 Å². The van der Waals surface area contributed by atoms with E-state index in [-0.39, 0.29) is 5.82 Å². The number of carbonyl (C=O) groups is 1. The molecule has 25 heavy (non-hydrogen) atoms. The normalized spacial score (nSPS) is 15.3. The average molecular weight is 336 g/mol. The first-order chi connectivity index (χ1) is 12.2. The Hall–Kier alpha value is -2.94. The molecule has 0 spiro atoms. The number of nitrogens with zero attached hydrogens (tertiary/aromatic N) is 3. The van der Waals surface area contributed by atoms with Crippen LogP contribution >= 0.6 is 0 Å². The van der Waals surface area contributed by atoms with Crippen molar-refractivity contribution in [3.63, 3.8) is 0 Å². The van der Waals surface area contributed by atoms with Gasteiger partial charge in [-0.1, -0.05) is 43.2 Å². The molecular formula is C19H20N4O2. The van der Waals surface area contributed by atoms with Crippen molar-refractivity contribution in [1.29, 1.82) is 5.26 Å². The lowest BCUT2D eigenvalue weighted by molar-refractivity contribution is 0.132. The lowest BCUT2D eigenvalue weighted by Gasteiger charge is -2.29. The first-order valence-electron chi connectivity index (χ1n) is 8.44. The number of ether oxygens (including phenoxy) is 1. The van der Waals surface area contributed by atoms with Gasteiger partial charge in [-0.3, -0.25) is 0 Å². The van der Waals surface area contributed by atoms with E-state index in [2.05, 4.69) is 15.3 Å². The fraction of sp³-hybridized carbons (Fsp3) is 0.368. The second-order valence-electron chi connectivity index (χ2n) is 6.16. The zero-order valence-electron chi connectivity index (χ0n) is 13.9. The van der Waals surface area contributed by atoms with E-state index in [1.807, 2.05) is 36.4 Å². The van der Waals surface area contributed by atoms with Crippen LogP contribution in [0.3, 0.4) is 0 Å². The smallest absolute Gasteiger partial charge is 0.407 e. The molecule has 128 valence electrons. The minimum absolute atomic E-state index is 0.114. The van der Waals surface area contributed by atoms with Gasteiger partial charge in [0.15, 0.2) is 0 Å². The van der Waals surface area contributed by atoms with Gasteiger partial charge in [-0.2, -0.15) is 5.26 Å². The molecule has 1 amide bonds. The Morgan fingerprint density at radius 2 is 2.00 bits per heavy atom. The number of nitriles is 1. The summed E-state index contributed by atoms with van der Waals surface area (Å²) >= 11 is 0. The van der Waals surface area contributed by atoms with Gasteiger partial charge in [-0.15, -0.1) is 0 Å². The Morgan fingerprint density at radius 1 is 1.24 bits per heavy atom. The van der Waals surface area contributed by atoms with Crippen LogP contribution in [0.25, 0.3) is 0 Å². The van der Waals surface area contributed by atoms with Gasteiger partial charge in [-0.25, -0.2) is 14.8 Å². The van der Waals surface area contributed by atoms with E-state index >= 15 is 0 Å². The molecule has 0 bridgehead atoms. The Balaban J connectivity index is 1.63. The molecule has 1 N–H and O–H groups in total. The van der Waals surface area contributed by atoms with E-state index in [0.29, 0.717) is 18.7 Å². The number of nitrogens with one attached hydrogen (secondary N) is 1. The summed E-state index contributed by atoms with van der Waals surface area (Å²) in [5.74, 6) is 0.114. The molecule has 2 aromatic rings. The molecule has 1 aromatic heterocycles. The van der Waals surface area contributed by atoms with Crippen molar-refractivity contribution in [2.75, 3.05) is 6.61 Å². The van der Waals surface area contributed by atoms with E-state index in [4.69, 9.17) is 10.00 Å². The minimum atomic E-state index is -0.571. The third kappa shape index (κ3) is 4.13. The van der Waals surface area contributed by atoms with E-state index in [9.17, 15) is 4.79 Å². The summed E-state index contributed by atoms with van der Waals surface area (Å²) < 4.78 is 5.35. The maximum atomic E-state index is 12.3. The van der Waals surface area contributed by atoms with Gasteiger partial charge in [0.25, 0.3) is 0 Å². The van der Waals surface area contributed by atoms with E-state index in [1.165, 1.54) is 0 Å². The SMILES string of the molecule is N#Cc1nccc(C2(NC(=O)OCCc3ccccc3)CCCC2)n1. The highest BCUT2D eigenvalue weighted by Gasteiger charge is 2.39. The van der Waals surface area contributed by atoms with Crippen LogP contribution in [-0.2, 0) is 16.7 Å². The number of hydrogen-bond donors (Lipinski definition) is 1. The Morgan fingerprint density at radius 3 is 2.72 bits per heavy atom. The van der Waals surface area contributed by atoms with E-state index < -0.39 is 11.6 Å². The van der Waals surface area contributed by atoms with Gasteiger partial charge >= 0.3 is 6.09 Å². The summed E-state index contributed by atoms with van der Waals surface area (Å²) in [6, 6.07) is 13.6. The first-order valence-corrected chi connectivity index (χ1v) is 8.44. The molecule has 0 radical (unpaired) electrons. The van der Waals surface area contributed by atoms with Crippen molar-refractivity contribution < 1.29 is 9.53 Å². The highest BCUT2D eigenvalue weighted by Crippen LogP contribution is 2.37. The molecule has 1 saturated carbocycles. The average Bonchev–Trinajstić information content (AvgIpc) is 3.12. The van der Waals surface area contributed by atoms with Crippen molar-refractivity contribution in [3.8, 4) is 6.07 Å². The Kier molecular flexibility index (Phi) is 5.24. The summed E-state index contributed by atoms with van der Waals surface area (Å²) in [6.45, 7) is 0.319. The maximum absolute atomic E-state index is 12.3. The lowest BCUT2D eigenvalue weighted by Crippen LogP contribution is -2.45. The summed E-state index contributed by atoms with van der Waals surface area (Å²) in [4.78, 5) is 20.5. The van der Waals surface area contributed by atoms with E-state index in [0.717, 1.165) is 31.2 Å². The quantitative estimate of drug-likeness (QED) is 0.906. The van der Waals surface area contributed by atoms with Crippen molar-refractivity contribution in [3.05, 3.63) is 59.7 Å². The van der Waals surface area contributed by atoms with Gasteiger partial charge in [0.2, 0.25) is 5.82 Å². The fourth-order valence-electron chi connectivity index (χ4n) is 3.24. The van der Waals surface area contributed by atoms with Crippen LogP contribution in [0.5, 0.6) is 0 Å². The Bertz CT molecular complexity index is 764. The van der Waals surface area contributed by atoms with Gasteiger partial charge < -0.3 is 10.1 Å². The number of aromatic nitrogens is 2. The predicted octanol–water partition coefficient (Wildman–Crippen LogP) is 3.09. The monoisotopic (exact) mass is 336 g/mol.